The molecule has 0 bridgehead atoms. The summed E-state index contributed by atoms with van der Waals surface area (Å²) in [6, 6.07) is 12.6. The van der Waals surface area contributed by atoms with E-state index in [0.29, 0.717) is 0 Å². The molecule has 194 valence electrons. The van der Waals surface area contributed by atoms with Crippen LogP contribution in [0.25, 0.3) is 6.08 Å². The predicted molar refractivity (Wildman–Crippen MR) is 151 cm³/mol. The van der Waals surface area contributed by atoms with Crippen molar-refractivity contribution in [1.29, 1.82) is 0 Å². The van der Waals surface area contributed by atoms with Gasteiger partial charge in [-0.1, -0.05) is 26.8 Å². The second-order valence-electron chi connectivity index (χ2n) is 11.2. The summed E-state index contributed by atoms with van der Waals surface area (Å²) in [4.78, 5) is 23.1. The Bertz CT molecular complexity index is 1090. The summed E-state index contributed by atoms with van der Waals surface area (Å²) in [5.41, 5.74) is 5.17. The molecule has 4 rings (SSSR count). The van der Waals surface area contributed by atoms with E-state index in [1.54, 1.807) is 13.2 Å². The number of carbonyl (C=O) groups excluding carboxylic acids is 1. The maximum atomic E-state index is 13.6. The van der Waals surface area contributed by atoms with Crippen LogP contribution in [-0.2, 0) is 5.41 Å². The van der Waals surface area contributed by atoms with Gasteiger partial charge in [-0.2, -0.15) is 0 Å². The molecular weight excluding hydrogens is 448 g/mol. The van der Waals surface area contributed by atoms with Crippen LogP contribution in [0.15, 0.2) is 42.5 Å². The molecule has 2 aliphatic rings. The van der Waals surface area contributed by atoms with E-state index in [4.69, 9.17) is 4.74 Å². The Kier molecular flexibility index (Phi) is 8.06. The highest BCUT2D eigenvalue weighted by Gasteiger charge is 2.22. The molecule has 2 aromatic rings. The molecule has 36 heavy (non-hydrogen) atoms. The molecule has 6 heteroatoms. The standard InChI is InChI=1S/C30H42N4O2/c1-30(2,3)24-8-12-29(36-6)23(21-24)7-11-28(35)26-10-9-25(33-17-13-31(4)14-18-33)22-27(26)34-19-15-32(5)16-20-34/h7-12,21-22H,13-20H2,1-6H3. The van der Waals surface area contributed by atoms with Crippen molar-refractivity contribution in [3.63, 3.8) is 0 Å². The van der Waals surface area contributed by atoms with E-state index >= 15 is 0 Å². The van der Waals surface area contributed by atoms with Gasteiger partial charge in [0.1, 0.15) is 5.75 Å². The highest BCUT2D eigenvalue weighted by atomic mass is 16.5. The molecule has 2 saturated heterocycles. The normalized spacial score (nSPS) is 18.2. The Balaban J connectivity index is 1.64. The molecule has 2 aromatic carbocycles. The van der Waals surface area contributed by atoms with Gasteiger partial charge in [-0.15, -0.1) is 0 Å². The molecule has 2 heterocycles. The summed E-state index contributed by atoms with van der Waals surface area (Å²) in [5.74, 6) is 0.800. The number of carbonyl (C=O) groups is 1. The third-order valence-corrected chi connectivity index (χ3v) is 7.47. The zero-order valence-electron chi connectivity index (χ0n) is 22.9. The average Bonchev–Trinajstić information content (AvgIpc) is 2.87. The first kappa shape index (κ1) is 26.2. The van der Waals surface area contributed by atoms with Gasteiger partial charge in [-0.3, -0.25) is 4.79 Å². The van der Waals surface area contributed by atoms with E-state index in [1.807, 2.05) is 18.2 Å². The predicted octanol–water partition coefficient (Wildman–Crippen LogP) is 4.39. The topological polar surface area (TPSA) is 39.3 Å². The number of piperazine rings is 2. The highest BCUT2D eigenvalue weighted by Crippen LogP contribution is 2.31. The van der Waals surface area contributed by atoms with Crippen molar-refractivity contribution in [2.24, 2.45) is 0 Å². The number of hydrogen-bond acceptors (Lipinski definition) is 6. The van der Waals surface area contributed by atoms with Crippen LogP contribution < -0.4 is 14.5 Å². The van der Waals surface area contributed by atoms with Gasteiger partial charge >= 0.3 is 0 Å². The van der Waals surface area contributed by atoms with Crippen LogP contribution in [0.5, 0.6) is 5.75 Å². The van der Waals surface area contributed by atoms with Crippen molar-refractivity contribution in [2.75, 3.05) is 83.4 Å². The fraction of sp³-hybridized carbons (Fsp3) is 0.500. The number of anilines is 2. The summed E-state index contributed by atoms with van der Waals surface area (Å²) in [5, 5.41) is 0. The number of hydrogen-bond donors (Lipinski definition) is 0. The minimum atomic E-state index is 0.0204. The molecule has 2 aliphatic heterocycles. The molecule has 2 fully saturated rings. The summed E-state index contributed by atoms with van der Waals surface area (Å²) >= 11 is 0. The van der Waals surface area contributed by atoms with Crippen LogP contribution in [0, 0.1) is 0 Å². The number of ketones is 1. The zero-order valence-corrected chi connectivity index (χ0v) is 22.9. The Morgan fingerprint density at radius 2 is 1.44 bits per heavy atom. The molecule has 6 nitrogen and oxygen atoms in total. The molecule has 0 spiro atoms. The van der Waals surface area contributed by atoms with Gasteiger partial charge in [0.2, 0.25) is 0 Å². The maximum Gasteiger partial charge on any atom is 0.187 e. The van der Waals surface area contributed by atoms with Crippen LogP contribution in [0.3, 0.4) is 0 Å². The Labute approximate surface area is 217 Å². The van der Waals surface area contributed by atoms with E-state index in [9.17, 15) is 4.79 Å². The van der Waals surface area contributed by atoms with Gasteiger partial charge in [0, 0.05) is 69.2 Å². The lowest BCUT2D eigenvalue weighted by Crippen LogP contribution is -2.46. The number of likely N-dealkylation sites (N-methyl/N-ethyl adjacent to an activating group) is 2. The van der Waals surface area contributed by atoms with E-state index < -0.39 is 0 Å². The van der Waals surface area contributed by atoms with Crippen molar-refractivity contribution in [3.05, 3.63) is 59.2 Å². The molecule has 0 N–H and O–H groups in total. The minimum absolute atomic E-state index is 0.0204. The van der Waals surface area contributed by atoms with Gasteiger partial charge in [-0.05, 0) is 67.6 Å². The minimum Gasteiger partial charge on any atom is -0.496 e. The fourth-order valence-electron chi connectivity index (χ4n) is 4.89. The summed E-state index contributed by atoms with van der Waals surface area (Å²) in [6.07, 6.45) is 3.60. The number of methoxy groups -OCH3 is 1. The molecule has 0 atom stereocenters. The van der Waals surface area contributed by atoms with Gasteiger partial charge in [-0.25, -0.2) is 0 Å². The second-order valence-corrected chi connectivity index (χ2v) is 11.2. The fourth-order valence-corrected chi connectivity index (χ4v) is 4.89. The summed E-state index contributed by atoms with van der Waals surface area (Å²) in [7, 11) is 6.01. The third kappa shape index (κ3) is 6.11. The number of ether oxygens (including phenoxy) is 1. The highest BCUT2D eigenvalue weighted by molar-refractivity contribution is 6.11. The van der Waals surface area contributed by atoms with Crippen LogP contribution in [0.4, 0.5) is 11.4 Å². The largest absolute Gasteiger partial charge is 0.496 e. The maximum absolute atomic E-state index is 13.6. The molecule has 0 amide bonds. The summed E-state index contributed by atoms with van der Waals surface area (Å²) in [6.45, 7) is 14.6. The Hall–Kier alpha value is -2.83. The van der Waals surface area contributed by atoms with Crippen LogP contribution in [-0.4, -0.2) is 89.1 Å². The molecule has 0 aromatic heterocycles. The second kappa shape index (κ2) is 11.1. The SMILES string of the molecule is COc1ccc(C(C)(C)C)cc1C=CC(=O)c1ccc(N2CCN(C)CC2)cc1N1CCN(C)CC1. The quantitative estimate of drug-likeness (QED) is 0.442. The van der Waals surface area contributed by atoms with E-state index in [1.165, 1.54) is 11.3 Å². The van der Waals surface area contributed by atoms with Crippen LogP contribution >= 0.6 is 0 Å². The van der Waals surface area contributed by atoms with Gasteiger partial charge < -0.3 is 24.3 Å². The lowest BCUT2D eigenvalue weighted by Gasteiger charge is -2.37. The first-order chi connectivity index (χ1) is 17.2. The third-order valence-electron chi connectivity index (χ3n) is 7.47. The van der Waals surface area contributed by atoms with Crippen molar-refractivity contribution in [1.82, 2.24) is 9.80 Å². The summed E-state index contributed by atoms with van der Waals surface area (Å²) < 4.78 is 5.59. The number of allylic oxidation sites excluding steroid dienone is 1. The Morgan fingerprint density at radius 3 is 2.03 bits per heavy atom. The lowest BCUT2D eigenvalue weighted by atomic mass is 9.86. The van der Waals surface area contributed by atoms with E-state index in [2.05, 4.69) is 78.7 Å². The number of nitrogens with zero attached hydrogens (tertiary/aromatic N) is 4. The first-order valence-electron chi connectivity index (χ1n) is 13.1. The van der Waals surface area contributed by atoms with Gasteiger partial charge in [0.15, 0.2) is 5.78 Å². The van der Waals surface area contributed by atoms with Crippen molar-refractivity contribution in [2.45, 2.75) is 26.2 Å². The van der Waals surface area contributed by atoms with Crippen molar-refractivity contribution >= 4 is 23.2 Å². The number of rotatable bonds is 6. The average molecular weight is 491 g/mol. The van der Waals surface area contributed by atoms with Gasteiger partial charge in [0.05, 0.1) is 12.8 Å². The van der Waals surface area contributed by atoms with Crippen LogP contribution in [0.1, 0.15) is 42.3 Å². The van der Waals surface area contributed by atoms with Crippen molar-refractivity contribution in [3.8, 4) is 5.75 Å². The van der Waals surface area contributed by atoms with Gasteiger partial charge in [0.25, 0.3) is 0 Å². The van der Waals surface area contributed by atoms with E-state index in [0.717, 1.165) is 74.9 Å². The molecule has 0 saturated carbocycles. The van der Waals surface area contributed by atoms with Crippen LogP contribution in [0.2, 0.25) is 0 Å². The molecule has 0 unspecified atom stereocenters. The molecular formula is C30H42N4O2. The van der Waals surface area contributed by atoms with E-state index in [-0.39, 0.29) is 11.2 Å². The number of benzene rings is 2. The first-order valence-corrected chi connectivity index (χ1v) is 13.1. The molecule has 0 aliphatic carbocycles. The lowest BCUT2D eigenvalue weighted by molar-refractivity contribution is 0.104. The molecule has 0 radical (unpaired) electrons. The monoisotopic (exact) mass is 490 g/mol. The van der Waals surface area contributed by atoms with Crippen molar-refractivity contribution < 1.29 is 9.53 Å². The smallest absolute Gasteiger partial charge is 0.187 e. The Morgan fingerprint density at radius 1 is 0.833 bits per heavy atom. The zero-order chi connectivity index (χ0) is 25.9.